The van der Waals surface area contributed by atoms with Crippen LogP contribution in [0, 0.1) is 0 Å². The van der Waals surface area contributed by atoms with Gasteiger partial charge in [0.15, 0.2) is 28.8 Å². The summed E-state index contributed by atoms with van der Waals surface area (Å²) in [4.78, 5) is 13.7. The molecule has 8 nitrogen and oxygen atoms in total. The molecular formula is C33H30O8. The molecule has 0 amide bonds. The van der Waals surface area contributed by atoms with Crippen molar-refractivity contribution in [2.24, 2.45) is 0 Å². The maximum Gasteiger partial charge on any atom is 0.239 e. The lowest BCUT2D eigenvalue weighted by molar-refractivity contribution is 0.256. The molecule has 5 aromatic rings. The first-order valence-electron chi connectivity index (χ1n) is 12.9. The Morgan fingerprint density at radius 3 is 1.73 bits per heavy atom. The van der Waals surface area contributed by atoms with Crippen LogP contribution in [-0.4, -0.2) is 28.4 Å². The van der Waals surface area contributed by atoms with Gasteiger partial charge >= 0.3 is 0 Å². The third kappa shape index (κ3) is 5.63. The number of fused-ring (bicyclic) bond motifs is 1. The van der Waals surface area contributed by atoms with Gasteiger partial charge in [0, 0.05) is 11.6 Å². The standard InChI is InChI=1S/C33H30O8/c1-35-27-18-26-28(32(37-3)31(27)36-2)29(34)33(38-4)30(41-26)23-15-16-24(39-19-21-11-7-5-8-12-21)25(17-23)40-20-22-13-9-6-10-14-22/h5-18H,19-20H2,1-4H3. The second-order valence-corrected chi connectivity index (χ2v) is 9.02. The zero-order valence-corrected chi connectivity index (χ0v) is 23.3. The number of methoxy groups -OCH3 is 4. The summed E-state index contributed by atoms with van der Waals surface area (Å²) in [6, 6.07) is 26.6. The van der Waals surface area contributed by atoms with E-state index in [-0.39, 0.29) is 34.0 Å². The second-order valence-electron chi connectivity index (χ2n) is 9.02. The van der Waals surface area contributed by atoms with E-state index in [2.05, 4.69) is 0 Å². The van der Waals surface area contributed by atoms with Crippen LogP contribution in [0.15, 0.2) is 94.1 Å². The first-order valence-corrected chi connectivity index (χ1v) is 12.9. The predicted molar refractivity (Wildman–Crippen MR) is 156 cm³/mol. The van der Waals surface area contributed by atoms with Crippen LogP contribution in [0.4, 0.5) is 0 Å². The van der Waals surface area contributed by atoms with Crippen LogP contribution in [0.25, 0.3) is 22.3 Å². The summed E-state index contributed by atoms with van der Waals surface area (Å²) in [5, 5.41) is 0.175. The molecule has 0 aliphatic heterocycles. The second kappa shape index (κ2) is 12.4. The Balaban J connectivity index is 1.61. The number of rotatable bonds is 11. The minimum atomic E-state index is -0.419. The van der Waals surface area contributed by atoms with Gasteiger partial charge in [0.05, 0.1) is 28.4 Å². The predicted octanol–water partition coefficient (Wildman–Crippen LogP) is 6.65. The zero-order chi connectivity index (χ0) is 28.8. The van der Waals surface area contributed by atoms with Crippen LogP contribution in [0.2, 0.25) is 0 Å². The van der Waals surface area contributed by atoms with E-state index < -0.39 is 5.43 Å². The van der Waals surface area contributed by atoms with Gasteiger partial charge in [-0.2, -0.15) is 0 Å². The number of hydrogen-bond donors (Lipinski definition) is 0. The lowest BCUT2D eigenvalue weighted by atomic mass is 10.1. The molecule has 0 radical (unpaired) electrons. The van der Waals surface area contributed by atoms with Crippen molar-refractivity contribution in [3.05, 3.63) is 106 Å². The van der Waals surface area contributed by atoms with Crippen molar-refractivity contribution in [3.63, 3.8) is 0 Å². The van der Waals surface area contributed by atoms with Gasteiger partial charge in [0.25, 0.3) is 0 Å². The first-order chi connectivity index (χ1) is 20.1. The van der Waals surface area contributed by atoms with Gasteiger partial charge in [-0.25, -0.2) is 0 Å². The molecule has 8 heteroatoms. The molecule has 1 heterocycles. The van der Waals surface area contributed by atoms with Crippen molar-refractivity contribution in [2.45, 2.75) is 13.2 Å². The third-order valence-electron chi connectivity index (χ3n) is 6.53. The Hall–Kier alpha value is -5.11. The average molecular weight is 555 g/mol. The molecule has 0 spiro atoms. The Kier molecular flexibility index (Phi) is 8.29. The van der Waals surface area contributed by atoms with E-state index >= 15 is 0 Å². The van der Waals surface area contributed by atoms with E-state index in [1.807, 2.05) is 60.7 Å². The molecular weight excluding hydrogens is 524 g/mol. The first kappa shape index (κ1) is 27.5. The van der Waals surface area contributed by atoms with E-state index in [1.54, 1.807) is 24.3 Å². The molecule has 41 heavy (non-hydrogen) atoms. The van der Waals surface area contributed by atoms with Crippen LogP contribution < -0.4 is 33.8 Å². The van der Waals surface area contributed by atoms with Gasteiger partial charge in [0.1, 0.15) is 24.2 Å². The Bertz CT molecular complexity index is 1690. The number of ether oxygens (including phenoxy) is 6. The van der Waals surface area contributed by atoms with Gasteiger partial charge in [-0.1, -0.05) is 60.7 Å². The molecule has 0 atom stereocenters. The SMILES string of the molecule is COc1cc2oc(-c3ccc(OCc4ccccc4)c(OCc4ccccc4)c3)c(OC)c(=O)c2c(OC)c1OC. The summed E-state index contributed by atoms with van der Waals surface area (Å²) < 4.78 is 40.7. The van der Waals surface area contributed by atoms with Crippen molar-refractivity contribution in [2.75, 3.05) is 28.4 Å². The number of hydrogen-bond acceptors (Lipinski definition) is 8. The molecule has 0 aliphatic carbocycles. The summed E-state index contributed by atoms with van der Waals surface area (Å²) in [7, 11) is 5.83. The fourth-order valence-electron chi connectivity index (χ4n) is 4.53. The molecule has 4 aromatic carbocycles. The minimum Gasteiger partial charge on any atom is -0.493 e. The van der Waals surface area contributed by atoms with E-state index in [9.17, 15) is 4.79 Å². The minimum absolute atomic E-state index is 0.00924. The summed E-state index contributed by atoms with van der Waals surface area (Å²) in [5.41, 5.74) is 2.40. The molecule has 0 bridgehead atoms. The van der Waals surface area contributed by atoms with Crippen molar-refractivity contribution in [1.29, 1.82) is 0 Å². The quantitative estimate of drug-likeness (QED) is 0.179. The van der Waals surface area contributed by atoms with Crippen molar-refractivity contribution in [3.8, 4) is 45.8 Å². The molecule has 0 saturated carbocycles. The topological polar surface area (TPSA) is 85.6 Å². The highest BCUT2D eigenvalue weighted by Gasteiger charge is 2.25. The molecule has 0 saturated heterocycles. The van der Waals surface area contributed by atoms with Crippen molar-refractivity contribution >= 4 is 11.0 Å². The summed E-state index contributed by atoms with van der Waals surface area (Å²) >= 11 is 0. The highest BCUT2D eigenvalue weighted by Crippen LogP contribution is 2.45. The molecule has 1 aromatic heterocycles. The highest BCUT2D eigenvalue weighted by atomic mass is 16.5. The van der Waals surface area contributed by atoms with Crippen LogP contribution in [0.3, 0.4) is 0 Å². The summed E-state index contributed by atoms with van der Waals surface area (Å²) in [6.07, 6.45) is 0. The Labute approximate surface area is 237 Å². The number of benzene rings is 4. The van der Waals surface area contributed by atoms with Crippen LogP contribution in [0.5, 0.6) is 34.5 Å². The van der Waals surface area contributed by atoms with Gasteiger partial charge in [0.2, 0.25) is 16.9 Å². The van der Waals surface area contributed by atoms with E-state index in [1.165, 1.54) is 28.4 Å². The van der Waals surface area contributed by atoms with E-state index in [0.717, 1.165) is 11.1 Å². The maximum absolute atomic E-state index is 13.7. The van der Waals surface area contributed by atoms with Crippen LogP contribution in [0.1, 0.15) is 11.1 Å². The van der Waals surface area contributed by atoms with Gasteiger partial charge in [-0.05, 0) is 29.3 Å². The summed E-state index contributed by atoms with van der Waals surface area (Å²) in [5.74, 6) is 2.08. The molecule has 0 unspecified atom stereocenters. The molecule has 5 rings (SSSR count). The van der Waals surface area contributed by atoms with Gasteiger partial charge < -0.3 is 32.8 Å². The lowest BCUT2D eigenvalue weighted by Crippen LogP contribution is -2.10. The molecule has 0 aliphatic rings. The van der Waals surface area contributed by atoms with Crippen molar-refractivity contribution in [1.82, 2.24) is 0 Å². The van der Waals surface area contributed by atoms with Crippen molar-refractivity contribution < 1.29 is 32.8 Å². The largest absolute Gasteiger partial charge is 0.493 e. The zero-order valence-electron chi connectivity index (χ0n) is 23.3. The normalized spacial score (nSPS) is 10.7. The summed E-state index contributed by atoms with van der Waals surface area (Å²) in [6.45, 7) is 0.677. The molecule has 0 fully saturated rings. The van der Waals surface area contributed by atoms with Crippen LogP contribution in [-0.2, 0) is 13.2 Å². The third-order valence-corrected chi connectivity index (χ3v) is 6.53. The highest BCUT2D eigenvalue weighted by molar-refractivity contribution is 5.92. The lowest BCUT2D eigenvalue weighted by Gasteiger charge is -2.17. The van der Waals surface area contributed by atoms with E-state index in [4.69, 9.17) is 32.8 Å². The molecule has 210 valence electrons. The fourth-order valence-corrected chi connectivity index (χ4v) is 4.53. The smallest absolute Gasteiger partial charge is 0.239 e. The van der Waals surface area contributed by atoms with Gasteiger partial charge in [-0.15, -0.1) is 0 Å². The monoisotopic (exact) mass is 554 g/mol. The average Bonchev–Trinajstić information content (AvgIpc) is 3.02. The maximum atomic E-state index is 13.7. The molecule has 0 N–H and O–H groups in total. The van der Waals surface area contributed by atoms with Gasteiger partial charge in [-0.3, -0.25) is 4.79 Å². The van der Waals surface area contributed by atoms with Crippen LogP contribution >= 0.6 is 0 Å². The fraction of sp³-hybridized carbons (Fsp3) is 0.182. The Morgan fingerprint density at radius 1 is 0.585 bits per heavy atom. The van der Waals surface area contributed by atoms with E-state index in [0.29, 0.717) is 36.0 Å². The Morgan fingerprint density at radius 2 is 1.17 bits per heavy atom.